The van der Waals surface area contributed by atoms with Gasteiger partial charge in [0.05, 0.1) is 31.5 Å². The first-order chi connectivity index (χ1) is 19.8. The Hall–Kier alpha value is -2.61. The Morgan fingerprint density at radius 2 is 1.37 bits per heavy atom. The van der Waals surface area contributed by atoms with Crippen molar-refractivity contribution >= 4 is 17.3 Å². The molecular formula is C34H47N6O+. The van der Waals surface area contributed by atoms with Crippen molar-refractivity contribution in [2.75, 3.05) is 36.8 Å². The summed E-state index contributed by atoms with van der Waals surface area (Å²) in [6.45, 7) is 15.1. The highest BCUT2D eigenvalue weighted by atomic mass is 16.2. The van der Waals surface area contributed by atoms with Gasteiger partial charge in [-0.25, -0.2) is 0 Å². The third-order valence-corrected chi connectivity index (χ3v) is 12.2. The van der Waals surface area contributed by atoms with E-state index in [0.717, 1.165) is 39.0 Å². The lowest BCUT2D eigenvalue weighted by molar-refractivity contribution is -0.710. The van der Waals surface area contributed by atoms with E-state index in [-0.39, 0.29) is 35.1 Å². The van der Waals surface area contributed by atoms with Crippen molar-refractivity contribution in [2.24, 2.45) is 11.8 Å². The molecular weight excluding hydrogens is 508 g/mol. The van der Waals surface area contributed by atoms with Crippen molar-refractivity contribution in [3.8, 4) is 0 Å². The van der Waals surface area contributed by atoms with Gasteiger partial charge in [-0.3, -0.25) is 14.6 Å². The fraction of sp³-hybridized carbons (Fsp3) is 0.618. The summed E-state index contributed by atoms with van der Waals surface area (Å²) in [5.41, 5.74) is 5.45. The lowest BCUT2D eigenvalue weighted by Crippen LogP contribution is -2.99. The van der Waals surface area contributed by atoms with Crippen LogP contribution >= 0.6 is 0 Å². The molecule has 2 aromatic carbocycles. The molecule has 1 amide bonds. The van der Waals surface area contributed by atoms with Gasteiger partial charge in [-0.1, -0.05) is 64.1 Å². The molecule has 6 aliphatic heterocycles. The van der Waals surface area contributed by atoms with Crippen molar-refractivity contribution in [3.63, 3.8) is 0 Å². The maximum Gasteiger partial charge on any atom is 0.219 e. The summed E-state index contributed by atoms with van der Waals surface area (Å²) in [7, 11) is 0. The molecule has 4 saturated heterocycles. The smallest absolute Gasteiger partial charge is 0.219 e. The normalized spacial score (nSPS) is 39.0. The first kappa shape index (κ1) is 26.1. The average Bonchev–Trinajstić information content (AvgIpc) is 3.48. The van der Waals surface area contributed by atoms with Gasteiger partial charge in [-0.15, -0.1) is 0 Å². The summed E-state index contributed by atoms with van der Waals surface area (Å²) < 4.78 is 0. The molecule has 7 heteroatoms. The highest BCUT2D eigenvalue weighted by Crippen LogP contribution is 2.68. The highest BCUT2D eigenvalue weighted by molar-refractivity contribution is 5.75. The quantitative estimate of drug-likeness (QED) is 0.532. The number of nitrogens with two attached hydrogens (primary N) is 1. The number of quaternary nitrogens is 1. The van der Waals surface area contributed by atoms with Crippen LogP contribution in [0.1, 0.15) is 58.6 Å². The Morgan fingerprint density at radius 3 is 1.93 bits per heavy atom. The number of para-hydroxylation sites is 2. The standard InChI is InChI=1S/C34H46N6O/c1-20(2)29-18-39-23(16-35-29)14-33-25-10-6-8-12-27(25)37-32(33)40-19-30(21(3)4)38(22(5)41)17-24(40)15-34(33)26-11-7-9-13-28(26)36-31(34)39/h6-13,20-21,23-24,29-32,35-37H,14-19H2,1-5H3/p+1/t23?,24-,29+,30+,31+,32+,33?,34?/m0/s1. The molecule has 6 heterocycles. The first-order valence-electron chi connectivity index (χ1n) is 16.1. The van der Waals surface area contributed by atoms with E-state index in [2.05, 4.69) is 107 Å². The van der Waals surface area contributed by atoms with Gasteiger partial charge in [0.15, 0.2) is 0 Å². The fourth-order valence-electron chi connectivity index (χ4n) is 10.4. The van der Waals surface area contributed by atoms with Gasteiger partial charge in [0.25, 0.3) is 0 Å². The number of carbonyl (C=O) groups excluding carboxylic acids is 1. The summed E-state index contributed by atoms with van der Waals surface area (Å²) in [6, 6.07) is 20.1. The van der Waals surface area contributed by atoms with Crippen LogP contribution in [-0.2, 0) is 15.6 Å². The van der Waals surface area contributed by atoms with E-state index >= 15 is 0 Å². The van der Waals surface area contributed by atoms with Crippen LogP contribution in [0.4, 0.5) is 11.4 Å². The lowest BCUT2D eigenvalue weighted by atomic mass is 9.47. The van der Waals surface area contributed by atoms with Gasteiger partial charge >= 0.3 is 0 Å². The van der Waals surface area contributed by atoms with E-state index in [9.17, 15) is 4.79 Å². The number of hydrogen-bond donors (Lipinski definition) is 3. The van der Waals surface area contributed by atoms with Crippen LogP contribution < -0.4 is 16.0 Å². The topological polar surface area (TPSA) is 67.5 Å². The molecule has 41 heavy (non-hydrogen) atoms. The number of carbonyl (C=O) groups is 1. The van der Waals surface area contributed by atoms with E-state index < -0.39 is 0 Å². The zero-order valence-electron chi connectivity index (χ0n) is 25.3. The molecule has 218 valence electrons. The Balaban J connectivity index is 1.35. The van der Waals surface area contributed by atoms with E-state index in [1.807, 2.05) is 0 Å². The maximum absolute atomic E-state index is 13.1. The summed E-state index contributed by atoms with van der Waals surface area (Å²) in [5, 5.41) is 11.0. The van der Waals surface area contributed by atoms with Gasteiger partial charge in [0.1, 0.15) is 6.04 Å². The van der Waals surface area contributed by atoms with Crippen LogP contribution in [0.15, 0.2) is 48.5 Å². The third-order valence-electron chi connectivity index (χ3n) is 12.2. The predicted octanol–water partition coefficient (Wildman–Crippen LogP) is 3.00. The molecule has 2 aromatic rings. The minimum absolute atomic E-state index is 0.0655. The van der Waals surface area contributed by atoms with Crippen molar-refractivity contribution in [2.45, 2.75) is 94.8 Å². The molecule has 0 radical (unpaired) electrons. The lowest BCUT2D eigenvalue weighted by Gasteiger charge is -2.69. The molecule has 4 N–H and O–H groups in total. The third kappa shape index (κ3) is 3.29. The Morgan fingerprint density at radius 1 is 0.805 bits per heavy atom. The summed E-state index contributed by atoms with van der Waals surface area (Å²) in [6.07, 6.45) is 2.65. The van der Waals surface area contributed by atoms with Gasteiger partial charge in [0, 0.05) is 60.2 Å². The molecule has 7 nitrogen and oxygen atoms in total. The van der Waals surface area contributed by atoms with E-state index in [4.69, 9.17) is 0 Å². The number of amides is 1. The van der Waals surface area contributed by atoms with Crippen molar-refractivity contribution in [1.29, 1.82) is 0 Å². The molecule has 0 aliphatic carbocycles. The molecule has 6 aliphatic rings. The van der Waals surface area contributed by atoms with Crippen LogP contribution in [0, 0.1) is 11.8 Å². The molecule has 0 aromatic heterocycles. The SMILES string of the molecule is CC(=O)N1C[C@@H]2CC34c5ccccc5N[C@@H]3N3C[C@H](C(C)C)[NH2+]CC3CC43c4ccccc4N[C@@H]3N2C[C@@H]1C(C)C. The molecule has 0 bridgehead atoms. The van der Waals surface area contributed by atoms with Crippen molar-refractivity contribution in [1.82, 2.24) is 14.7 Å². The minimum atomic E-state index is -0.0997. The van der Waals surface area contributed by atoms with Crippen LogP contribution in [0.25, 0.3) is 0 Å². The number of nitrogens with one attached hydrogen (secondary N) is 2. The highest BCUT2D eigenvalue weighted by Gasteiger charge is 2.75. The number of piperidine rings is 2. The van der Waals surface area contributed by atoms with Crippen LogP contribution in [0.3, 0.4) is 0 Å². The van der Waals surface area contributed by atoms with Gasteiger partial charge in [-0.05, 0) is 42.0 Å². The molecule has 8 rings (SSSR count). The van der Waals surface area contributed by atoms with Gasteiger partial charge < -0.3 is 20.9 Å². The summed E-state index contributed by atoms with van der Waals surface area (Å²) in [4.78, 5) is 21.0. The van der Waals surface area contributed by atoms with Crippen LogP contribution in [0.2, 0.25) is 0 Å². The zero-order chi connectivity index (χ0) is 28.3. The number of fused-ring (bicyclic) bond motifs is 6. The second-order valence-electron chi connectivity index (χ2n) is 14.6. The predicted molar refractivity (Wildman–Crippen MR) is 163 cm³/mol. The monoisotopic (exact) mass is 555 g/mol. The fourth-order valence-corrected chi connectivity index (χ4v) is 10.4. The number of hydrogen-bond acceptors (Lipinski definition) is 5. The van der Waals surface area contributed by atoms with E-state index in [1.54, 1.807) is 6.92 Å². The second kappa shape index (κ2) is 8.95. The zero-order valence-corrected chi connectivity index (χ0v) is 25.3. The molecule has 8 atom stereocenters. The summed E-state index contributed by atoms with van der Waals surface area (Å²) in [5.74, 6) is 1.28. The number of nitrogens with zero attached hydrogens (tertiary/aromatic N) is 3. The minimum Gasteiger partial charge on any atom is -0.369 e. The average molecular weight is 556 g/mol. The largest absolute Gasteiger partial charge is 0.369 e. The van der Waals surface area contributed by atoms with Gasteiger partial charge in [0.2, 0.25) is 5.91 Å². The Bertz CT molecular complexity index is 1380. The number of piperazine rings is 2. The molecule has 0 saturated carbocycles. The van der Waals surface area contributed by atoms with Crippen molar-refractivity contribution in [3.05, 3.63) is 59.7 Å². The maximum atomic E-state index is 13.1. The van der Waals surface area contributed by atoms with Crippen LogP contribution in [-0.4, -0.2) is 83.3 Å². The van der Waals surface area contributed by atoms with Crippen LogP contribution in [0.5, 0.6) is 0 Å². The molecule has 4 fully saturated rings. The van der Waals surface area contributed by atoms with E-state index in [1.165, 1.54) is 22.5 Å². The Labute approximate surface area is 245 Å². The van der Waals surface area contributed by atoms with Gasteiger partial charge in [-0.2, -0.15) is 0 Å². The number of anilines is 2. The summed E-state index contributed by atoms with van der Waals surface area (Å²) >= 11 is 0. The Kier molecular flexibility index (Phi) is 5.68. The number of benzene rings is 2. The number of rotatable bonds is 2. The van der Waals surface area contributed by atoms with E-state index in [0.29, 0.717) is 30.0 Å². The second-order valence-corrected chi connectivity index (χ2v) is 14.6. The van der Waals surface area contributed by atoms with Crippen molar-refractivity contribution < 1.29 is 10.1 Å². The molecule has 2 spiro atoms. The molecule has 3 unspecified atom stereocenters. The first-order valence-corrected chi connectivity index (χ1v) is 16.1.